The monoisotopic (exact) mass is 407 g/mol. The standard InChI is InChI=1S/C22H21N3O3S/c1-13(21(26)25-10-9-15-5-3-4-6-19(15)25)28-22(27)16-11-18(14-7-8-14)24-20(29-2)17(16)12-23/h3-6,11,13-14H,7-10H2,1-2H3. The first-order chi connectivity index (χ1) is 14.0. The third-order valence-electron chi connectivity index (χ3n) is 5.31. The number of benzene rings is 1. The van der Waals surface area contributed by atoms with Crippen LogP contribution in [-0.4, -0.2) is 35.8 Å². The molecule has 1 aliphatic carbocycles. The summed E-state index contributed by atoms with van der Waals surface area (Å²) in [4.78, 5) is 32.0. The Labute approximate surface area is 173 Å². The maximum atomic E-state index is 12.9. The highest BCUT2D eigenvalue weighted by Gasteiger charge is 2.32. The fourth-order valence-electron chi connectivity index (χ4n) is 3.61. The Morgan fingerprint density at radius 1 is 1.34 bits per heavy atom. The zero-order chi connectivity index (χ0) is 20.5. The maximum Gasteiger partial charge on any atom is 0.340 e. The summed E-state index contributed by atoms with van der Waals surface area (Å²) in [5.74, 6) is -0.585. The van der Waals surface area contributed by atoms with Gasteiger partial charge in [0.05, 0.1) is 11.1 Å². The zero-order valence-corrected chi connectivity index (χ0v) is 17.2. The van der Waals surface area contributed by atoms with Crippen molar-refractivity contribution < 1.29 is 14.3 Å². The number of amides is 1. The number of ether oxygens (including phenoxy) is 1. The summed E-state index contributed by atoms with van der Waals surface area (Å²) >= 11 is 1.33. The first-order valence-electron chi connectivity index (χ1n) is 9.62. The Morgan fingerprint density at radius 2 is 2.10 bits per heavy atom. The van der Waals surface area contributed by atoms with Gasteiger partial charge in [0, 0.05) is 23.8 Å². The molecule has 29 heavy (non-hydrogen) atoms. The number of nitrogens with zero attached hydrogens (tertiary/aromatic N) is 3. The van der Waals surface area contributed by atoms with Crippen LogP contribution in [-0.2, 0) is 16.0 Å². The van der Waals surface area contributed by atoms with Crippen molar-refractivity contribution in [1.82, 2.24) is 4.98 Å². The number of esters is 1. The number of fused-ring (bicyclic) bond motifs is 1. The number of hydrogen-bond donors (Lipinski definition) is 0. The predicted octanol–water partition coefficient (Wildman–Crippen LogP) is 3.69. The topological polar surface area (TPSA) is 83.3 Å². The van der Waals surface area contributed by atoms with E-state index in [0.717, 1.165) is 36.2 Å². The minimum Gasteiger partial charge on any atom is -0.449 e. The molecule has 7 heteroatoms. The number of anilines is 1. The molecule has 1 unspecified atom stereocenters. The zero-order valence-electron chi connectivity index (χ0n) is 16.3. The molecule has 1 aromatic heterocycles. The van der Waals surface area contributed by atoms with Crippen LogP contribution in [0.5, 0.6) is 0 Å². The van der Waals surface area contributed by atoms with Gasteiger partial charge in [0.15, 0.2) is 6.10 Å². The van der Waals surface area contributed by atoms with Crippen LogP contribution in [0.1, 0.15) is 52.9 Å². The Balaban J connectivity index is 1.56. The molecule has 1 aromatic carbocycles. The number of thioether (sulfide) groups is 1. The number of pyridine rings is 1. The predicted molar refractivity (Wildman–Crippen MR) is 110 cm³/mol. The lowest BCUT2D eigenvalue weighted by atomic mass is 10.1. The molecule has 6 nitrogen and oxygen atoms in total. The van der Waals surface area contributed by atoms with Gasteiger partial charge in [0.25, 0.3) is 5.91 Å². The highest BCUT2D eigenvalue weighted by molar-refractivity contribution is 7.98. The summed E-state index contributed by atoms with van der Waals surface area (Å²) in [6.07, 6.45) is 3.73. The average molecular weight is 407 g/mol. The van der Waals surface area contributed by atoms with Crippen LogP contribution in [0, 0.1) is 11.3 Å². The van der Waals surface area contributed by atoms with E-state index in [9.17, 15) is 14.9 Å². The van der Waals surface area contributed by atoms with Crippen molar-refractivity contribution in [3.8, 4) is 6.07 Å². The molecule has 4 rings (SSSR count). The van der Waals surface area contributed by atoms with Gasteiger partial charge in [-0.25, -0.2) is 9.78 Å². The number of aromatic nitrogens is 1. The van der Waals surface area contributed by atoms with Crippen molar-refractivity contribution in [3.05, 3.63) is 52.7 Å². The molecule has 1 saturated carbocycles. The van der Waals surface area contributed by atoms with E-state index < -0.39 is 12.1 Å². The number of para-hydroxylation sites is 1. The van der Waals surface area contributed by atoms with Gasteiger partial charge < -0.3 is 9.64 Å². The Morgan fingerprint density at radius 3 is 2.79 bits per heavy atom. The van der Waals surface area contributed by atoms with Crippen molar-refractivity contribution in [1.29, 1.82) is 5.26 Å². The van der Waals surface area contributed by atoms with E-state index in [-0.39, 0.29) is 17.0 Å². The average Bonchev–Trinajstić information content (AvgIpc) is 3.51. The van der Waals surface area contributed by atoms with E-state index in [1.54, 1.807) is 17.9 Å². The van der Waals surface area contributed by atoms with Crippen molar-refractivity contribution in [2.24, 2.45) is 0 Å². The van der Waals surface area contributed by atoms with E-state index in [1.165, 1.54) is 11.8 Å². The molecule has 148 valence electrons. The number of nitriles is 1. The lowest BCUT2D eigenvalue weighted by molar-refractivity contribution is -0.126. The quantitative estimate of drug-likeness (QED) is 0.555. The molecule has 1 atom stereocenters. The van der Waals surface area contributed by atoms with Crippen molar-refractivity contribution in [3.63, 3.8) is 0 Å². The van der Waals surface area contributed by atoms with Crippen LogP contribution in [0.3, 0.4) is 0 Å². The van der Waals surface area contributed by atoms with Gasteiger partial charge in [-0.1, -0.05) is 18.2 Å². The summed E-state index contributed by atoms with van der Waals surface area (Å²) in [7, 11) is 0. The van der Waals surface area contributed by atoms with Gasteiger partial charge in [0.1, 0.15) is 11.1 Å². The normalized spacial score (nSPS) is 16.1. The summed E-state index contributed by atoms with van der Waals surface area (Å²) in [6.45, 7) is 2.15. The largest absolute Gasteiger partial charge is 0.449 e. The summed E-state index contributed by atoms with van der Waals surface area (Å²) in [5, 5.41) is 10.1. The number of rotatable bonds is 5. The van der Waals surface area contributed by atoms with Crippen LogP contribution >= 0.6 is 11.8 Å². The van der Waals surface area contributed by atoms with Gasteiger partial charge in [-0.05, 0) is 50.1 Å². The fraction of sp³-hybridized carbons (Fsp3) is 0.364. The van der Waals surface area contributed by atoms with Crippen LogP contribution < -0.4 is 4.90 Å². The van der Waals surface area contributed by atoms with Gasteiger partial charge in [-0.3, -0.25) is 4.79 Å². The van der Waals surface area contributed by atoms with Crippen LogP contribution in [0.4, 0.5) is 5.69 Å². The van der Waals surface area contributed by atoms with Crippen LogP contribution in [0.15, 0.2) is 35.4 Å². The molecule has 2 aliphatic rings. The highest BCUT2D eigenvalue weighted by Crippen LogP contribution is 2.40. The lowest BCUT2D eigenvalue weighted by Gasteiger charge is -2.22. The molecule has 1 amide bonds. The molecular weight excluding hydrogens is 386 g/mol. The Kier molecular flexibility index (Phi) is 5.29. The minimum atomic E-state index is -0.949. The lowest BCUT2D eigenvalue weighted by Crippen LogP contribution is -2.39. The molecule has 0 bridgehead atoms. The maximum absolute atomic E-state index is 12.9. The van der Waals surface area contributed by atoms with Crippen molar-refractivity contribution >= 4 is 29.3 Å². The van der Waals surface area contributed by atoms with Gasteiger partial charge in [0.2, 0.25) is 0 Å². The van der Waals surface area contributed by atoms with Crippen LogP contribution in [0.2, 0.25) is 0 Å². The highest BCUT2D eigenvalue weighted by atomic mass is 32.2. The molecule has 0 radical (unpaired) electrons. The second-order valence-corrected chi connectivity index (χ2v) is 8.08. The smallest absolute Gasteiger partial charge is 0.340 e. The Hall–Kier alpha value is -2.85. The molecule has 0 N–H and O–H groups in total. The van der Waals surface area contributed by atoms with E-state index in [1.807, 2.05) is 30.5 Å². The second-order valence-electron chi connectivity index (χ2n) is 7.28. The summed E-state index contributed by atoms with van der Waals surface area (Å²) < 4.78 is 5.50. The molecule has 2 heterocycles. The number of carbonyl (C=O) groups is 2. The Bertz CT molecular complexity index is 1030. The third kappa shape index (κ3) is 3.73. The van der Waals surface area contributed by atoms with E-state index in [0.29, 0.717) is 17.5 Å². The molecule has 1 aliphatic heterocycles. The van der Waals surface area contributed by atoms with E-state index >= 15 is 0 Å². The molecule has 0 spiro atoms. The van der Waals surface area contributed by atoms with Gasteiger partial charge in [-0.15, -0.1) is 11.8 Å². The van der Waals surface area contributed by atoms with Crippen molar-refractivity contribution in [2.75, 3.05) is 17.7 Å². The van der Waals surface area contributed by atoms with E-state index in [4.69, 9.17) is 4.74 Å². The number of carbonyl (C=O) groups excluding carboxylic acids is 2. The summed E-state index contributed by atoms with van der Waals surface area (Å²) in [5.41, 5.74) is 3.18. The summed E-state index contributed by atoms with van der Waals surface area (Å²) in [6, 6.07) is 11.5. The van der Waals surface area contributed by atoms with Gasteiger partial charge >= 0.3 is 5.97 Å². The van der Waals surface area contributed by atoms with Crippen molar-refractivity contribution in [2.45, 2.75) is 43.2 Å². The fourth-order valence-corrected chi connectivity index (χ4v) is 4.16. The first-order valence-corrected chi connectivity index (χ1v) is 10.8. The van der Waals surface area contributed by atoms with E-state index in [2.05, 4.69) is 11.1 Å². The molecule has 1 fully saturated rings. The van der Waals surface area contributed by atoms with Gasteiger partial charge in [-0.2, -0.15) is 5.26 Å². The molecular formula is C22H21N3O3S. The van der Waals surface area contributed by atoms with Crippen LogP contribution in [0.25, 0.3) is 0 Å². The molecule has 2 aromatic rings. The number of hydrogen-bond acceptors (Lipinski definition) is 6. The second kappa shape index (κ2) is 7.88. The molecule has 0 saturated heterocycles. The minimum absolute atomic E-state index is 0.190. The first kappa shape index (κ1) is 19.5. The third-order valence-corrected chi connectivity index (χ3v) is 5.99. The SMILES string of the molecule is CSc1nc(C2CC2)cc(C(=O)OC(C)C(=O)N2CCc3ccccc32)c1C#N.